The Balaban J connectivity index is 1.49. The number of aromatic nitrogens is 2. The molecular formula is C26H26F2N4O2. The van der Waals surface area contributed by atoms with E-state index in [1.165, 1.54) is 6.07 Å². The van der Waals surface area contributed by atoms with Crippen LogP contribution in [-0.2, 0) is 13.0 Å². The average molecular weight is 465 g/mol. The third-order valence-corrected chi connectivity index (χ3v) is 6.49. The van der Waals surface area contributed by atoms with Crippen LogP contribution in [0.4, 0.5) is 14.7 Å². The molecule has 0 bridgehead atoms. The zero-order valence-corrected chi connectivity index (χ0v) is 19.0. The summed E-state index contributed by atoms with van der Waals surface area (Å²) >= 11 is 0. The molecule has 0 saturated carbocycles. The maximum Gasteiger partial charge on any atom is 0.254 e. The summed E-state index contributed by atoms with van der Waals surface area (Å²) < 4.78 is 33.3. The number of fused-ring (bicyclic) bond motifs is 1. The van der Waals surface area contributed by atoms with E-state index in [0.717, 1.165) is 43.8 Å². The largest absolute Gasteiger partial charge is 0.438 e. The molecule has 0 unspecified atom stereocenters. The molecule has 3 aromatic rings. The van der Waals surface area contributed by atoms with Crippen LogP contribution in [0.5, 0.6) is 11.6 Å². The van der Waals surface area contributed by atoms with Crippen LogP contribution in [0.25, 0.3) is 0 Å². The summed E-state index contributed by atoms with van der Waals surface area (Å²) in [4.78, 5) is 26.4. The molecule has 1 aromatic heterocycles. The van der Waals surface area contributed by atoms with Gasteiger partial charge < -0.3 is 14.5 Å². The number of ether oxygens (including phenoxy) is 1. The number of rotatable bonds is 4. The molecule has 6 nitrogen and oxygen atoms in total. The van der Waals surface area contributed by atoms with Gasteiger partial charge in [-0.1, -0.05) is 25.1 Å². The Morgan fingerprint density at radius 3 is 2.50 bits per heavy atom. The van der Waals surface area contributed by atoms with Crippen LogP contribution < -0.4 is 9.64 Å². The molecule has 0 radical (unpaired) electrons. The van der Waals surface area contributed by atoms with Crippen molar-refractivity contribution in [1.29, 1.82) is 0 Å². The molecule has 2 aliphatic rings. The molecule has 0 spiro atoms. The van der Waals surface area contributed by atoms with E-state index < -0.39 is 11.6 Å². The normalized spacial score (nSPS) is 16.3. The molecule has 3 heterocycles. The number of anilines is 1. The summed E-state index contributed by atoms with van der Waals surface area (Å²) in [6.45, 7) is 4.74. The van der Waals surface area contributed by atoms with Gasteiger partial charge >= 0.3 is 0 Å². The second-order valence-electron chi connectivity index (χ2n) is 8.94. The van der Waals surface area contributed by atoms with Crippen molar-refractivity contribution in [3.05, 3.63) is 77.0 Å². The highest BCUT2D eigenvalue weighted by Crippen LogP contribution is 2.33. The number of amides is 1. The predicted octanol–water partition coefficient (Wildman–Crippen LogP) is 4.98. The third kappa shape index (κ3) is 4.58. The van der Waals surface area contributed by atoms with E-state index >= 15 is 0 Å². The maximum atomic E-state index is 13.8. The fourth-order valence-electron chi connectivity index (χ4n) is 4.39. The number of benzene rings is 2. The van der Waals surface area contributed by atoms with Gasteiger partial charge in [0.05, 0.1) is 17.8 Å². The summed E-state index contributed by atoms with van der Waals surface area (Å²) in [5.74, 6) is -0.374. The van der Waals surface area contributed by atoms with Crippen LogP contribution in [0.15, 0.2) is 48.5 Å². The number of nitrogens with zero attached hydrogens (tertiary/aromatic N) is 4. The number of carbonyl (C=O) groups is 1. The fraction of sp³-hybridized carbons (Fsp3) is 0.346. The minimum absolute atomic E-state index is 0.0841. The van der Waals surface area contributed by atoms with Gasteiger partial charge in [-0.3, -0.25) is 4.79 Å². The highest BCUT2D eigenvalue weighted by atomic mass is 19.2. The Morgan fingerprint density at radius 1 is 1.00 bits per heavy atom. The lowest BCUT2D eigenvalue weighted by molar-refractivity contribution is 0.0732. The number of piperidine rings is 1. The van der Waals surface area contributed by atoms with Gasteiger partial charge in [-0.15, -0.1) is 0 Å². The topological polar surface area (TPSA) is 58.6 Å². The molecule has 8 heteroatoms. The van der Waals surface area contributed by atoms with E-state index in [1.807, 2.05) is 18.2 Å². The van der Waals surface area contributed by atoms with Crippen molar-refractivity contribution in [2.45, 2.75) is 32.7 Å². The minimum atomic E-state index is -0.994. The van der Waals surface area contributed by atoms with Crippen LogP contribution in [0.2, 0.25) is 0 Å². The van der Waals surface area contributed by atoms with Gasteiger partial charge in [0.25, 0.3) is 5.91 Å². The molecule has 1 saturated heterocycles. The first-order chi connectivity index (χ1) is 16.5. The van der Waals surface area contributed by atoms with E-state index in [4.69, 9.17) is 9.72 Å². The Hall–Kier alpha value is -3.55. The zero-order chi connectivity index (χ0) is 23.7. The molecule has 1 fully saturated rings. The molecular weight excluding hydrogens is 438 g/mol. The van der Waals surface area contributed by atoms with Gasteiger partial charge in [0.1, 0.15) is 5.75 Å². The molecule has 1 amide bonds. The van der Waals surface area contributed by atoms with E-state index in [1.54, 1.807) is 17.0 Å². The molecule has 0 atom stereocenters. The number of hydrogen-bond donors (Lipinski definition) is 0. The number of halogens is 2. The van der Waals surface area contributed by atoms with Crippen molar-refractivity contribution in [2.75, 3.05) is 24.5 Å². The zero-order valence-electron chi connectivity index (χ0n) is 19.0. The van der Waals surface area contributed by atoms with Crippen molar-refractivity contribution >= 4 is 11.9 Å². The Labute approximate surface area is 197 Å². The molecule has 34 heavy (non-hydrogen) atoms. The van der Waals surface area contributed by atoms with E-state index in [9.17, 15) is 13.6 Å². The van der Waals surface area contributed by atoms with E-state index in [-0.39, 0.29) is 24.1 Å². The molecule has 2 aliphatic heterocycles. The second-order valence-corrected chi connectivity index (χ2v) is 8.94. The fourth-order valence-corrected chi connectivity index (χ4v) is 4.39. The van der Waals surface area contributed by atoms with Gasteiger partial charge in [0.2, 0.25) is 11.8 Å². The van der Waals surface area contributed by atoms with Crippen molar-refractivity contribution in [1.82, 2.24) is 14.9 Å². The summed E-state index contributed by atoms with van der Waals surface area (Å²) in [5.41, 5.74) is 2.11. The molecule has 0 aliphatic carbocycles. The number of hydrogen-bond acceptors (Lipinski definition) is 5. The monoisotopic (exact) mass is 464 g/mol. The first kappa shape index (κ1) is 22.3. The van der Waals surface area contributed by atoms with Gasteiger partial charge in [0, 0.05) is 37.7 Å². The van der Waals surface area contributed by atoms with E-state index in [0.29, 0.717) is 36.0 Å². The van der Waals surface area contributed by atoms with Crippen molar-refractivity contribution in [3.8, 4) is 11.6 Å². The predicted molar refractivity (Wildman–Crippen MR) is 124 cm³/mol. The highest BCUT2D eigenvalue weighted by Gasteiger charge is 2.29. The van der Waals surface area contributed by atoms with Crippen molar-refractivity contribution in [3.63, 3.8) is 0 Å². The lowest BCUT2D eigenvalue weighted by Crippen LogP contribution is -2.38. The molecule has 0 N–H and O–H groups in total. The van der Waals surface area contributed by atoms with Crippen molar-refractivity contribution in [2.24, 2.45) is 5.92 Å². The minimum Gasteiger partial charge on any atom is -0.438 e. The van der Waals surface area contributed by atoms with Crippen LogP contribution in [0.1, 0.15) is 41.4 Å². The second kappa shape index (κ2) is 9.37. The summed E-state index contributed by atoms with van der Waals surface area (Å²) in [6, 6.07) is 12.5. The Morgan fingerprint density at radius 2 is 1.76 bits per heavy atom. The van der Waals surface area contributed by atoms with Crippen molar-refractivity contribution < 1.29 is 18.3 Å². The maximum absolute atomic E-state index is 13.8. The lowest BCUT2D eigenvalue weighted by atomic mass is 9.99. The number of carbonyl (C=O) groups excluding carboxylic acids is 1. The molecule has 176 valence electrons. The van der Waals surface area contributed by atoms with E-state index in [2.05, 4.69) is 16.8 Å². The molecule has 2 aromatic carbocycles. The highest BCUT2D eigenvalue weighted by molar-refractivity contribution is 5.94. The smallest absolute Gasteiger partial charge is 0.254 e. The first-order valence-corrected chi connectivity index (χ1v) is 11.6. The third-order valence-electron chi connectivity index (χ3n) is 6.49. The Kier molecular flexibility index (Phi) is 6.13. The SMILES string of the molecule is CC1CCN(c2nc3c(c(Oc4ccc(F)c(F)c4)n2)CN(C(=O)c2ccccc2)CC3)CC1. The standard InChI is InChI=1S/C26H26F2N4O2/c1-17-9-12-31(13-10-17)26-29-23-11-14-32(25(33)18-5-3-2-4-6-18)16-20(23)24(30-26)34-19-7-8-21(27)22(28)15-19/h2-8,15,17H,9-14,16H2,1H3. The summed E-state index contributed by atoms with van der Waals surface area (Å²) in [7, 11) is 0. The van der Waals surface area contributed by atoms with Gasteiger partial charge in [0.15, 0.2) is 11.6 Å². The quantitative estimate of drug-likeness (QED) is 0.545. The van der Waals surface area contributed by atoms with Gasteiger partial charge in [-0.2, -0.15) is 4.98 Å². The van der Waals surface area contributed by atoms with Gasteiger partial charge in [-0.05, 0) is 43.0 Å². The summed E-state index contributed by atoms with van der Waals surface area (Å²) in [6.07, 6.45) is 2.67. The van der Waals surface area contributed by atoms with Crippen LogP contribution >= 0.6 is 0 Å². The van der Waals surface area contributed by atoms with Crippen LogP contribution in [-0.4, -0.2) is 40.4 Å². The Bertz CT molecular complexity index is 1200. The first-order valence-electron chi connectivity index (χ1n) is 11.6. The van der Waals surface area contributed by atoms with Gasteiger partial charge in [-0.25, -0.2) is 13.8 Å². The van der Waals surface area contributed by atoms with Crippen LogP contribution in [0.3, 0.4) is 0 Å². The molecule has 5 rings (SSSR count). The van der Waals surface area contributed by atoms with Crippen LogP contribution in [0, 0.1) is 17.6 Å². The lowest BCUT2D eigenvalue weighted by Gasteiger charge is -2.33. The summed E-state index contributed by atoms with van der Waals surface area (Å²) in [5, 5.41) is 0. The average Bonchev–Trinajstić information content (AvgIpc) is 2.86.